The quantitative estimate of drug-likeness (QED) is 0.714. The van der Waals surface area contributed by atoms with Crippen LogP contribution in [0.1, 0.15) is 12.8 Å². The van der Waals surface area contributed by atoms with Crippen molar-refractivity contribution in [3.63, 3.8) is 0 Å². The average molecular weight is 356 g/mol. The van der Waals surface area contributed by atoms with Gasteiger partial charge in [0.2, 0.25) is 15.9 Å². The average Bonchev–Trinajstić information content (AvgIpc) is 2.55. The van der Waals surface area contributed by atoms with E-state index >= 15 is 0 Å². The lowest BCUT2D eigenvalue weighted by Crippen LogP contribution is -2.47. The predicted octanol–water partition coefficient (Wildman–Crippen LogP) is 0.0571. The summed E-state index contributed by atoms with van der Waals surface area (Å²) >= 11 is 0. The summed E-state index contributed by atoms with van der Waals surface area (Å²) in [5.41, 5.74) is 0. The number of nitrogens with zero attached hydrogens (tertiary/aromatic N) is 1. The molecule has 0 saturated carbocycles. The highest BCUT2D eigenvalue weighted by molar-refractivity contribution is 7.89. The molecule has 2 N–H and O–H groups in total. The summed E-state index contributed by atoms with van der Waals surface area (Å²) in [5, 5.41) is 8.77. The number of carboxylic acid groups (broad SMARTS) is 1. The predicted molar refractivity (Wildman–Crippen MR) is 84.8 cm³/mol. The zero-order valence-corrected chi connectivity index (χ0v) is 13.9. The maximum Gasteiger partial charge on any atom is 0.306 e. The van der Waals surface area contributed by atoms with Crippen LogP contribution in [0, 0.1) is 0 Å². The van der Waals surface area contributed by atoms with Crippen LogP contribution in [0.4, 0.5) is 0 Å². The maximum atomic E-state index is 12.1. The van der Waals surface area contributed by atoms with E-state index in [1.54, 1.807) is 18.2 Å². The van der Waals surface area contributed by atoms with Crippen molar-refractivity contribution in [3.8, 4) is 0 Å². The van der Waals surface area contributed by atoms with Crippen molar-refractivity contribution in [3.05, 3.63) is 30.3 Å². The Kier molecular flexibility index (Phi) is 6.29. The van der Waals surface area contributed by atoms with Gasteiger partial charge in [-0.15, -0.1) is 0 Å². The molecule has 1 aromatic rings. The Labute approximate surface area is 140 Å². The highest BCUT2D eigenvalue weighted by Crippen LogP contribution is 2.11. The molecule has 1 atom stereocenters. The second-order valence-corrected chi connectivity index (χ2v) is 7.16. The monoisotopic (exact) mass is 356 g/mol. The molecule has 2 rings (SSSR count). The van der Waals surface area contributed by atoms with Crippen LogP contribution in [0.25, 0.3) is 0 Å². The van der Waals surface area contributed by atoms with E-state index in [1.165, 1.54) is 17.0 Å². The SMILES string of the molecule is O=C(O)CC1CN(C(=O)CCNS(=O)(=O)c2ccccc2)CCO1. The van der Waals surface area contributed by atoms with Gasteiger partial charge >= 0.3 is 5.97 Å². The van der Waals surface area contributed by atoms with Gasteiger partial charge in [0.05, 0.1) is 24.0 Å². The van der Waals surface area contributed by atoms with E-state index < -0.39 is 22.1 Å². The van der Waals surface area contributed by atoms with Gasteiger partial charge in [-0.3, -0.25) is 9.59 Å². The molecule has 0 aromatic heterocycles. The zero-order chi connectivity index (χ0) is 17.6. The van der Waals surface area contributed by atoms with Gasteiger partial charge in [0, 0.05) is 26.1 Å². The van der Waals surface area contributed by atoms with E-state index in [0.29, 0.717) is 6.54 Å². The molecule has 0 spiro atoms. The first-order valence-corrected chi connectivity index (χ1v) is 9.02. The molecule has 1 aliphatic rings. The van der Waals surface area contributed by atoms with Crippen LogP contribution >= 0.6 is 0 Å². The lowest BCUT2D eigenvalue weighted by molar-refractivity contribution is -0.147. The van der Waals surface area contributed by atoms with Gasteiger partial charge in [0.15, 0.2) is 0 Å². The highest BCUT2D eigenvalue weighted by atomic mass is 32.2. The summed E-state index contributed by atoms with van der Waals surface area (Å²) < 4.78 is 31.8. The molecule has 0 radical (unpaired) electrons. The van der Waals surface area contributed by atoms with Gasteiger partial charge in [-0.25, -0.2) is 13.1 Å². The van der Waals surface area contributed by atoms with Crippen LogP contribution in [-0.2, 0) is 24.3 Å². The molecule has 1 amide bonds. The van der Waals surface area contributed by atoms with Crippen LogP contribution in [0.2, 0.25) is 0 Å². The number of morpholine rings is 1. The van der Waals surface area contributed by atoms with Gasteiger partial charge in [-0.2, -0.15) is 0 Å². The molecule has 1 heterocycles. The summed E-state index contributed by atoms with van der Waals surface area (Å²) in [6.07, 6.45) is -0.683. The topological polar surface area (TPSA) is 113 Å². The molecule has 0 aliphatic carbocycles. The van der Waals surface area contributed by atoms with E-state index in [-0.39, 0.29) is 43.3 Å². The largest absolute Gasteiger partial charge is 0.481 e. The summed E-state index contributed by atoms with van der Waals surface area (Å²) in [7, 11) is -3.64. The van der Waals surface area contributed by atoms with E-state index in [9.17, 15) is 18.0 Å². The number of nitrogens with one attached hydrogen (secondary N) is 1. The van der Waals surface area contributed by atoms with Gasteiger partial charge in [0.25, 0.3) is 0 Å². The summed E-state index contributed by atoms with van der Waals surface area (Å²) in [6, 6.07) is 7.91. The Morgan fingerprint density at radius 1 is 1.29 bits per heavy atom. The highest BCUT2D eigenvalue weighted by Gasteiger charge is 2.26. The normalized spacial score (nSPS) is 18.3. The first-order valence-electron chi connectivity index (χ1n) is 7.54. The molecule has 1 aromatic carbocycles. The number of sulfonamides is 1. The number of hydrogen-bond donors (Lipinski definition) is 2. The number of hydrogen-bond acceptors (Lipinski definition) is 5. The Balaban J connectivity index is 1.81. The number of carbonyl (C=O) groups excluding carboxylic acids is 1. The van der Waals surface area contributed by atoms with Crippen molar-refractivity contribution in [1.82, 2.24) is 9.62 Å². The Hall–Kier alpha value is -1.97. The number of rotatable bonds is 7. The third-order valence-electron chi connectivity index (χ3n) is 3.58. The second-order valence-electron chi connectivity index (χ2n) is 5.39. The number of aliphatic carboxylic acids is 1. The van der Waals surface area contributed by atoms with Crippen molar-refractivity contribution < 1.29 is 27.9 Å². The molecule has 132 valence electrons. The molecule has 1 unspecified atom stereocenters. The minimum atomic E-state index is -3.64. The maximum absolute atomic E-state index is 12.1. The van der Waals surface area contributed by atoms with E-state index in [0.717, 1.165) is 0 Å². The molecule has 24 heavy (non-hydrogen) atoms. The third-order valence-corrected chi connectivity index (χ3v) is 5.06. The molecular formula is C15H20N2O6S. The minimum Gasteiger partial charge on any atom is -0.481 e. The number of ether oxygens (including phenoxy) is 1. The lowest BCUT2D eigenvalue weighted by atomic mass is 10.2. The molecule has 0 bridgehead atoms. The fraction of sp³-hybridized carbons (Fsp3) is 0.467. The third kappa shape index (κ3) is 5.29. The van der Waals surface area contributed by atoms with Crippen LogP contribution in [-0.4, -0.2) is 62.6 Å². The summed E-state index contributed by atoms with van der Waals surface area (Å²) in [5.74, 6) is -1.21. The van der Waals surface area contributed by atoms with Crippen molar-refractivity contribution in [1.29, 1.82) is 0 Å². The number of carbonyl (C=O) groups is 2. The van der Waals surface area contributed by atoms with Crippen molar-refractivity contribution >= 4 is 21.9 Å². The molecule has 1 saturated heterocycles. The van der Waals surface area contributed by atoms with Gasteiger partial charge < -0.3 is 14.7 Å². The second kappa shape index (κ2) is 8.22. The first kappa shape index (κ1) is 18.4. The van der Waals surface area contributed by atoms with Crippen LogP contribution in [0.3, 0.4) is 0 Å². The minimum absolute atomic E-state index is 0.00581. The molecule has 1 aliphatic heterocycles. The molecule has 1 fully saturated rings. The number of benzene rings is 1. The fourth-order valence-electron chi connectivity index (χ4n) is 2.40. The zero-order valence-electron chi connectivity index (χ0n) is 13.1. The Bertz CT molecular complexity index is 676. The molecular weight excluding hydrogens is 336 g/mol. The van der Waals surface area contributed by atoms with E-state index in [1.807, 2.05) is 0 Å². The van der Waals surface area contributed by atoms with E-state index in [4.69, 9.17) is 9.84 Å². The molecule has 9 heteroatoms. The standard InChI is InChI=1S/C15H20N2O6S/c18-14(17-8-9-23-12(11-17)10-15(19)20)6-7-16-24(21,22)13-4-2-1-3-5-13/h1-5,12,16H,6-11H2,(H,19,20). The number of carboxylic acids is 1. The van der Waals surface area contributed by atoms with Gasteiger partial charge in [-0.1, -0.05) is 18.2 Å². The van der Waals surface area contributed by atoms with Gasteiger partial charge in [0.1, 0.15) is 0 Å². The van der Waals surface area contributed by atoms with Crippen molar-refractivity contribution in [2.45, 2.75) is 23.8 Å². The Morgan fingerprint density at radius 2 is 2.00 bits per heavy atom. The van der Waals surface area contributed by atoms with Crippen molar-refractivity contribution in [2.24, 2.45) is 0 Å². The van der Waals surface area contributed by atoms with Crippen LogP contribution in [0.5, 0.6) is 0 Å². The Morgan fingerprint density at radius 3 is 2.67 bits per heavy atom. The number of amides is 1. The van der Waals surface area contributed by atoms with E-state index in [2.05, 4.69) is 4.72 Å². The lowest BCUT2D eigenvalue weighted by Gasteiger charge is -2.32. The summed E-state index contributed by atoms with van der Waals surface area (Å²) in [4.78, 5) is 24.5. The van der Waals surface area contributed by atoms with Crippen LogP contribution < -0.4 is 4.72 Å². The fourth-order valence-corrected chi connectivity index (χ4v) is 3.45. The summed E-state index contributed by atoms with van der Waals surface area (Å²) in [6.45, 7) is 0.841. The smallest absolute Gasteiger partial charge is 0.306 e. The van der Waals surface area contributed by atoms with Gasteiger partial charge in [-0.05, 0) is 12.1 Å². The van der Waals surface area contributed by atoms with Crippen molar-refractivity contribution in [2.75, 3.05) is 26.2 Å². The molecule has 8 nitrogen and oxygen atoms in total. The van der Waals surface area contributed by atoms with Crippen LogP contribution in [0.15, 0.2) is 35.2 Å². The first-order chi connectivity index (χ1) is 11.4.